The van der Waals surface area contributed by atoms with Crippen LogP contribution in [0, 0.1) is 5.92 Å². The lowest BCUT2D eigenvalue weighted by Crippen LogP contribution is -2.19. The molecule has 20 heavy (non-hydrogen) atoms. The highest BCUT2D eigenvalue weighted by molar-refractivity contribution is 6.30. The highest BCUT2D eigenvalue weighted by Gasteiger charge is 2.05. The second kappa shape index (κ2) is 10.00. The molecule has 1 aromatic rings. The van der Waals surface area contributed by atoms with E-state index >= 15 is 0 Å². The second-order valence-corrected chi connectivity index (χ2v) is 5.40. The predicted octanol–water partition coefficient (Wildman–Crippen LogP) is 2.47. The van der Waals surface area contributed by atoms with Crippen LogP contribution in [0.25, 0.3) is 0 Å². The summed E-state index contributed by atoms with van der Waals surface area (Å²) in [6, 6.07) is 5.61. The van der Waals surface area contributed by atoms with E-state index in [1.54, 1.807) is 0 Å². The van der Waals surface area contributed by atoms with Gasteiger partial charge in [-0.3, -0.25) is 0 Å². The van der Waals surface area contributed by atoms with Crippen LogP contribution in [-0.4, -0.2) is 38.1 Å². The maximum atomic E-state index is 8.61. The normalized spacial score (nSPS) is 11.1. The Morgan fingerprint density at radius 1 is 1.25 bits per heavy atom. The van der Waals surface area contributed by atoms with Crippen LogP contribution in [0.4, 0.5) is 0 Å². The average Bonchev–Trinajstić information content (AvgIpc) is 2.40. The van der Waals surface area contributed by atoms with Gasteiger partial charge in [0.15, 0.2) is 0 Å². The molecule has 5 heteroatoms. The van der Waals surface area contributed by atoms with Gasteiger partial charge in [-0.25, -0.2) is 0 Å². The lowest BCUT2D eigenvalue weighted by Gasteiger charge is -2.13. The van der Waals surface area contributed by atoms with E-state index in [-0.39, 0.29) is 6.61 Å². The van der Waals surface area contributed by atoms with Crippen molar-refractivity contribution in [3.63, 3.8) is 0 Å². The molecule has 0 saturated carbocycles. The molecule has 0 bridgehead atoms. The molecule has 0 atom stereocenters. The van der Waals surface area contributed by atoms with E-state index in [9.17, 15) is 0 Å². The fourth-order valence-corrected chi connectivity index (χ4v) is 1.89. The number of hydrogen-bond donors (Lipinski definition) is 2. The first-order valence-electron chi connectivity index (χ1n) is 6.94. The largest absolute Gasteiger partial charge is 0.491 e. The summed E-state index contributed by atoms with van der Waals surface area (Å²) in [7, 11) is 0. The molecule has 114 valence electrons. The van der Waals surface area contributed by atoms with Crippen LogP contribution in [0.2, 0.25) is 5.02 Å². The van der Waals surface area contributed by atoms with Gasteiger partial charge in [-0.15, -0.1) is 0 Å². The molecule has 0 radical (unpaired) electrons. The zero-order valence-electron chi connectivity index (χ0n) is 12.2. The van der Waals surface area contributed by atoms with Crippen molar-refractivity contribution in [3.8, 4) is 5.75 Å². The van der Waals surface area contributed by atoms with Crippen molar-refractivity contribution in [2.75, 3.05) is 33.0 Å². The first-order valence-corrected chi connectivity index (χ1v) is 7.31. The monoisotopic (exact) mass is 301 g/mol. The molecule has 0 aliphatic carbocycles. The van der Waals surface area contributed by atoms with E-state index in [1.165, 1.54) is 0 Å². The molecule has 4 nitrogen and oxygen atoms in total. The van der Waals surface area contributed by atoms with E-state index in [0.29, 0.717) is 30.8 Å². The topological polar surface area (TPSA) is 50.7 Å². The summed E-state index contributed by atoms with van der Waals surface area (Å²) in [6.07, 6.45) is 0. The fourth-order valence-electron chi connectivity index (χ4n) is 1.70. The Morgan fingerprint density at radius 3 is 2.75 bits per heavy atom. The Balaban J connectivity index is 2.47. The van der Waals surface area contributed by atoms with Gasteiger partial charge in [0.05, 0.1) is 19.8 Å². The van der Waals surface area contributed by atoms with Gasteiger partial charge < -0.3 is 19.9 Å². The lowest BCUT2D eigenvalue weighted by molar-refractivity contribution is 0.0703. The minimum Gasteiger partial charge on any atom is -0.491 e. The van der Waals surface area contributed by atoms with E-state index < -0.39 is 0 Å². The number of hydrogen-bond acceptors (Lipinski definition) is 4. The lowest BCUT2D eigenvalue weighted by atomic mass is 10.2. The maximum absolute atomic E-state index is 8.61. The molecule has 0 aliphatic rings. The van der Waals surface area contributed by atoms with Gasteiger partial charge in [0.2, 0.25) is 0 Å². The first-order chi connectivity index (χ1) is 9.63. The van der Waals surface area contributed by atoms with Gasteiger partial charge in [-0.1, -0.05) is 25.4 Å². The van der Waals surface area contributed by atoms with Gasteiger partial charge in [-0.2, -0.15) is 0 Å². The quantitative estimate of drug-likeness (QED) is 0.652. The third-order valence-electron chi connectivity index (χ3n) is 2.61. The highest BCUT2D eigenvalue weighted by Crippen LogP contribution is 2.22. The van der Waals surface area contributed by atoms with Crippen LogP contribution >= 0.6 is 11.6 Å². The van der Waals surface area contributed by atoms with Gasteiger partial charge in [0, 0.05) is 17.1 Å². The van der Waals surface area contributed by atoms with Crippen molar-refractivity contribution in [1.29, 1.82) is 0 Å². The molecular formula is C15H24ClNO3. The summed E-state index contributed by atoms with van der Waals surface area (Å²) in [5, 5.41) is 12.7. The summed E-state index contributed by atoms with van der Waals surface area (Å²) >= 11 is 6.03. The van der Waals surface area contributed by atoms with Crippen molar-refractivity contribution >= 4 is 11.6 Å². The number of benzene rings is 1. The molecule has 0 aromatic heterocycles. The molecule has 1 aromatic carbocycles. The fraction of sp³-hybridized carbons (Fsp3) is 0.600. The summed E-state index contributed by atoms with van der Waals surface area (Å²) < 4.78 is 10.9. The Morgan fingerprint density at radius 2 is 2.05 bits per heavy atom. The molecule has 0 heterocycles. The minimum absolute atomic E-state index is 0.0331. The standard InChI is InChI=1S/C15H24ClNO3/c1-12(2)10-17-11-13-9-14(16)3-4-15(13)20-8-7-19-6-5-18/h3-4,9,12,17-18H,5-8,10-11H2,1-2H3. The number of ether oxygens (including phenoxy) is 2. The number of rotatable bonds is 10. The summed E-state index contributed by atoms with van der Waals surface area (Å²) in [5.41, 5.74) is 1.04. The molecular weight excluding hydrogens is 278 g/mol. The van der Waals surface area contributed by atoms with Crippen LogP contribution in [0.3, 0.4) is 0 Å². The average molecular weight is 302 g/mol. The summed E-state index contributed by atoms with van der Waals surface area (Å²) in [4.78, 5) is 0. The van der Waals surface area contributed by atoms with Crippen molar-refractivity contribution < 1.29 is 14.6 Å². The molecule has 0 aliphatic heterocycles. The zero-order valence-corrected chi connectivity index (χ0v) is 12.9. The van der Waals surface area contributed by atoms with Gasteiger partial charge in [0.25, 0.3) is 0 Å². The van der Waals surface area contributed by atoms with Crippen LogP contribution < -0.4 is 10.1 Å². The molecule has 1 rings (SSSR count). The van der Waals surface area contributed by atoms with Gasteiger partial charge in [-0.05, 0) is 30.7 Å². The Labute approximate surface area is 126 Å². The van der Waals surface area contributed by atoms with Gasteiger partial charge >= 0.3 is 0 Å². The summed E-state index contributed by atoms with van der Waals surface area (Å²) in [6.45, 7) is 7.30. The first kappa shape index (κ1) is 17.2. The smallest absolute Gasteiger partial charge is 0.124 e. The van der Waals surface area contributed by atoms with Crippen molar-refractivity contribution in [2.24, 2.45) is 5.92 Å². The Hall–Kier alpha value is -0.810. The number of halogens is 1. The molecule has 0 saturated heterocycles. The maximum Gasteiger partial charge on any atom is 0.124 e. The highest BCUT2D eigenvalue weighted by atomic mass is 35.5. The Bertz CT molecular complexity index is 385. The van der Waals surface area contributed by atoms with E-state index in [4.69, 9.17) is 26.2 Å². The second-order valence-electron chi connectivity index (χ2n) is 4.96. The van der Waals surface area contributed by atoms with Crippen molar-refractivity contribution in [1.82, 2.24) is 5.32 Å². The van der Waals surface area contributed by atoms with E-state index in [0.717, 1.165) is 24.4 Å². The number of aliphatic hydroxyl groups is 1. The molecule has 0 unspecified atom stereocenters. The van der Waals surface area contributed by atoms with Crippen molar-refractivity contribution in [2.45, 2.75) is 20.4 Å². The Kier molecular flexibility index (Phi) is 8.62. The van der Waals surface area contributed by atoms with Crippen LogP contribution in [0.1, 0.15) is 19.4 Å². The molecule has 2 N–H and O–H groups in total. The van der Waals surface area contributed by atoms with E-state index in [1.807, 2.05) is 18.2 Å². The zero-order chi connectivity index (χ0) is 14.8. The van der Waals surface area contributed by atoms with Crippen LogP contribution in [-0.2, 0) is 11.3 Å². The molecule has 0 spiro atoms. The molecule has 0 fully saturated rings. The van der Waals surface area contributed by atoms with Crippen LogP contribution in [0.15, 0.2) is 18.2 Å². The third-order valence-corrected chi connectivity index (χ3v) is 2.85. The van der Waals surface area contributed by atoms with Gasteiger partial charge in [0.1, 0.15) is 12.4 Å². The minimum atomic E-state index is 0.0331. The third kappa shape index (κ3) is 7.10. The summed E-state index contributed by atoms with van der Waals surface area (Å²) in [5.74, 6) is 1.42. The number of aliphatic hydroxyl groups excluding tert-OH is 1. The SMILES string of the molecule is CC(C)CNCc1cc(Cl)ccc1OCCOCCO. The van der Waals surface area contributed by atoms with Crippen LogP contribution in [0.5, 0.6) is 5.75 Å². The van der Waals surface area contributed by atoms with E-state index in [2.05, 4.69) is 19.2 Å². The number of nitrogens with one attached hydrogen (secondary N) is 1. The predicted molar refractivity (Wildman–Crippen MR) is 81.4 cm³/mol. The van der Waals surface area contributed by atoms with Crippen molar-refractivity contribution in [3.05, 3.63) is 28.8 Å². The molecule has 0 amide bonds.